The lowest BCUT2D eigenvalue weighted by atomic mass is 9.90. The standard InChI is InChI=1S/C40H56N6O8/c1-9-16-29(34(48)36(50)41-22-31(47)43-33(37(51)45(7)8)28-19-14-11-15-20-28)42-35(49)30-21-40(5,6)24-46(30)38(52)32(44-39(53)54-23-25(2)3)26(4)27-17-12-10-13-18-27/h10-15,17-20,25-26,29-30,32-33H,9,16,21-24H2,1-8H3,(H,41,50)(H,42,49)(H,43,47)(H,44,53)/t26?,29?,30-,32-,33-/m0/s1. The van der Waals surface area contributed by atoms with Crippen molar-refractivity contribution in [1.29, 1.82) is 0 Å². The summed E-state index contributed by atoms with van der Waals surface area (Å²) in [7, 11) is 3.11. The number of hydrogen-bond donors (Lipinski definition) is 4. The quantitative estimate of drug-likeness (QED) is 0.178. The number of ketones is 1. The van der Waals surface area contributed by atoms with Gasteiger partial charge in [-0.1, -0.05) is 109 Å². The van der Waals surface area contributed by atoms with Crippen LogP contribution in [0, 0.1) is 11.3 Å². The summed E-state index contributed by atoms with van der Waals surface area (Å²) in [6, 6.07) is 13.5. The largest absolute Gasteiger partial charge is 0.449 e. The molecule has 5 atom stereocenters. The Kier molecular flexibility index (Phi) is 15.7. The minimum atomic E-state index is -1.23. The third-order valence-corrected chi connectivity index (χ3v) is 9.19. The highest BCUT2D eigenvalue weighted by atomic mass is 16.5. The van der Waals surface area contributed by atoms with Gasteiger partial charge in [0.25, 0.3) is 5.91 Å². The number of amides is 6. The number of rotatable bonds is 17. The summed E-state index contributed by atoms with van der Waals surface area (Å²) in [5, 5.41) is 10.4. The van der Waals surface area contributed by atoms with Gasteiger partial charge in [-0.15, -0.1) is 0 Å². The zero-order valence-corrected chi connectivity index (χ0v) is 32.6. The summed E-state index contributed by atoms with van der Waals surface area (Å²) in [5.74, 6) is -4.63. The van der Waals surface area contributed by atoms with E-state index in [-0.39, 0.29) is 37.8 Å². The van der Waals surface area contributed by atoms with Gasteiger partial charge >= 0.3 is 6.09 Å². The fourth-order valence-corrected chi connectivity index (χ4v) is 6.31. The second-order valence-corrected chi connectivity index (χ2v) is 15.2. The van der Waals surface area contributed by atoms with Crippen molar-refractivity contribution in [3.05, 3.63) is 71.8 Å². The van der Waals surface area contributed by atoms with Crippen molar-refractivity contribution >= 4 is 41.4 Å². The molecular weight excluding hydrogens is 692 g/mol. The second kappa shape index (κ2) is 19.7. The summed E-state index contributed by atoms with van der Waals surface area (Å²) in [5.41, 5.74) is 0.854. The van der Waals surface area contributed by atoms with Crippen LogP contribution in [0.2, 0.25) is 0 Å². The van der Waals surface area contributed by atoms with Gasteiger partial charge in [-0.05, 0) is 35.3 Å². The fraction of sp³-hybridized carbons (Fsp3) is 0.525. The van der Waals surface area contributed by atoms with Crippen LogP contribution in [0.25, 0.3) is 0 Å². The first kappa shape index (κ1) is 43.1. The van der Waals surface area contributed by atoms with Crippen molar-refractivity contribution in [2.75, 3.05) is 33.8 Å². The molecule has 54 heavy (non-hydrogen) atoms. The summed E-state index contributed by atoms with van der Waals surface area (Å²) < 4.78 is 5.35. The van der Waals surface area contributed by atoms with Crippen LogP contribution in [-0.2, 0) is 33.5 Å². The topological polar surface area (TPSA) is 183 Å². The number of carbonyl (C=O) groups is 7. The summed E-state index contributed by atoms with van der Waals surface area (Å²) >= 11 is 0. The molecule has 14 heteroatoms. The molecule has 2 aromatic rings. The molecule has 1 heterocycles. The molecule has 0 aromatic heterocycles. The number of Topliss-reactive ketones (excluding diaryl/α,β-unsaturated/α-hetero) is 1. The van der Waals surface area contributed by atoms with Gasteiger partial charge in [0.15, 0.2) is 0 Å². The molecule has 2 unspecified atom stereocenters. The molecular formula is C40H56N6O8. The van der Waals surface area contributed by atoms with E-state index in [0.29, 0.717) is 12.0 Å². The Hall–Kier alpha value is -5.27. The van der Waals surface area contributed by atoms with Gasteiger partial charge < -0.3 is 35.8 Å². The lowest BCUT2D eigenvalue weighted by Crippen LogP contribution is -2.57. The van der Waals surface area contributed by atoms with E-state index < -0.39 is 77.6 Å². The molecule has 3 rings (SSSR count). The van der Waals surface area contributed by atoms with Crippen molar-refractivity contribution in [2.24, 2.45) is 11.3 Å². The number of nitrogens with one attached hydrogen (secondary N) is 4. The van der Waals surface area contributed by atoms with Gasteiger partial charge in [-0.2, -0.15) is 0 Å². The molecule has 0 saturated carbocycles. The fourth-order valence-electron chi connectivity index (χ4n) is 6.31. The Labute approximate surface area is 318 Å². The molecule has 14 nitrogen and oxygen atoms in total. The van der Waals surface area contributed by atoms with Crippen LogP contribution in [0.15, 0.2) is 60.7 Å². The molecule has 1 aliphatic heterocycles. The Morgan fingerprint density at radius 3 is 2.02 bits per heavy atom. The third-order valence-electron chi connectivity index (χ3n) is 9.19. The van der Waals surface area contributed by atoms with Crippen LogP contribution in [0.3, 0.4) is 0 Å². The maximum absolute atomic E-state index is 14.4. The molecule has 0 bridgehead atoms. The Bertz CT molecular complexity index is 1630. The Balaban J connectivity index is 1.75. The predicted molar refractivity (Wildman–Crippen MR) is 203 cm³/mol. The van der Waals surface area contributed by atoms with Gasteiger partial charge in [-0.3, -0.25) is 28.8 Å². The zero-order valence-electron chi connectivity index (χ0n) is 32.6. The number of hydrogen-bond acceptors (Lipinski definition) is 8. The van der Waals surface area contributed by atoms with Gasteiger partial charge in [0, 0.05) is 26.6 Å². The summed E-state index contributed by atoms with van der Waals surface area (Å²) in [4.78, 5) is 96.1. The maximum atomic E-state index is 14.4. The van der Waals surface area contributed by atoms with E-state index in [2.05, 4.69) is 21.3 Å². The van der Waals surface area contributed by atoms with Gasteiger partial charge in [0.1, 0.15) is 18.1 Å². The smallest absolute Gasteiger partial charge is 0.407 e. The van der Waals surface area contributed by atoms with Crippen LogP contribution in [0.5, 0.6) is 0 Å². The molecule has 4 N–H and O–H groups in total. The number of likely N-dealkylation sites (N-methyl/N-ethyl adjacent to an activating group) is 1. The minimum Gasteiger partial charge on any atom is -0.449 e. The summed E-state index contributed by atoms with van der Waals surface area (Å²) in [6.45, 7) is 11.0. The van der Waals surface area contributed by atoms with E-state index in [4.69, 9.17) is 4.74 Å². The molecule has 1 fully saturated rings. The van der Waals surface area contributed by atoms with Gasteiger partial charge in [0.2, 0.25) is 29.4 Å². The average Bonchev–Trinajstić information content (AvgIpc) is 3.48. The SMILES string of the molecule is CCCC(NC(=O)[C@@H]1CC(C)(C)CN1C(=O)[C@@H](NC(=O)OCC(C)C)C(C)c1ccccc1)C(=O)C(=O)NCC(=O)N[C@H](C(=O)N(C)C)c1ccccc1. The van der Waals surface area contributed by atoms with Crippen LogP contribution in [0.1, 0.15) is 83.9 Å². The predicted octanol–water partition coefficient (Wildman–Crippen LogP) is 3.08. The lowest BCUT2D eigenvalue weighted by Gasteiger charge is -2.32. The Morgan fingerprint density at radius 1 is 0.870 bits per heavy atom. The van der Waals surface area contributed by atoms with Crippen molar-refractivity contribution in [2.45, 2.75) is 90.9 Å². The molecule has 0 spiro atoms. The highest BCUT2D eigenvalue weighted by Crippen LogP contribution is 2.36. The number of carbonyl (C=O) groups excluding carboxylic acids is 7. The number of alkyl carbamates (subject to hydrolysis) is 1. The Morgan fingerprint density at radius 2 is 1.46 bits per heavy atom. The van der Waals surface area contributed by atoms with Crippen molar-refractivity contribution in [3.63, 3.8) is 0 Å². The molecule has 294 valence electrons. The van der Waals surface area contributed by atoms with E-state index in [9.17, 15) is 33.6 Å². The van der Waals surface area contributed by atoms with Crippen molar-refractivity contribution < 1.29 is 38.3 Å². The van der Waals surface area contributed by atoms with Crippen LogP contribution in [0.4, 0.5) is 4.79 Å². The van der Waals surface area contributed by atoms with Gasteiger partial charge in [-0.25, -0.2) is 4.79 Å². The third kappa shape index (κ3) is 12.1. The zero-order chi connectivity index (χ0) is 40.2. The number of ether oxygens (including phenoxy) is 1. The maximum Gasteiger partial charge on any atom is 0.407 e. The van der Waals surface area contributed by atoms with Crippen LogP contribution < -0.4 is 21.3 Å². The van der Waals surface area contributed by atoms with Crippen LogP contribution in [-0.4, -0.2) is 103 Å². The van der Waals surface area contributed by atoms with E-state index in [0.717, 1.165) is 5.56 Å². The van der Waals surface area contributed by atoms with Crippen LogP contribution >= 0.6 is 0 Å². The second-order valence-electron chi connectivity index (χ2n) is 15.2. The number of benzene rings is 2. The number of nitrogens with zero attached hydrogens (tertiary/aromatic N) is 2. The average molecular weight is 749 g/mol. The van der Waals surface area contributed by atoms with Gasteiger partial charge in [0.05, 0.1) is 19.2 Å². The van der Waals surface area contributed by atoms with Crippen molar-refractivity contribution in [3.8, 4) is 0 Å². The molecule has 1 aliphatic rings. The molecule has 1 saturated heterocycles. The summed E-state index contributed by atoms with van der Waals surface area (Å²) in [6.07, 6.45) is 0.0758. The highest BCUT2D eigenvalue weighted by molar-refractivity contribution is 6.38. The van der Waals surface area contributed by atoms with E-state index in [1.165, 1.54) is 9.80 Å². The first-order valence-electron chi connectivity index (χ1n) is 18.4. The first-order valence-corrected chi connectivity index (χ1v) is 18.4. The van der Waals surface area contributed by atoms with E-state index in [1.807, 2.05) is 65.0 Å². The number of likely N-dealkylation sites (tertiary alicyclic amines) is 1. The first-order chi connectivity index (χ1) is 25.4. The van der Waals surface area contributed by atoms with E-state index >= 15 is 0 Å². The minimum absolute atomic E-state index is 0.0765. The molecule has 0 radical (unpaired) electrons. The molecule has 6 amide bonds. The normalized spacial score (nSPS) is 17.0. The molecule has 2 aromatic carbocycles. The lowest BCUT2D eigenvalue weighted by molar-refractivity contribution is -0.143. The highest BCUT2D eigenvalue weighted by Gasteiger charge is 2.47. The van der Waals surface area contributed by atoms with Crippen molar-refractivity contribution in [1.82, 2.24) is 31.1 Å². The monoisotopic (exact) mass is 748 g/mol. The molecule has 0 aliphatic carbocycles. The van der Waals surface area contributed by atoms with E-state index in [1.54, 1.807) is 51.4 Å².